The van der Waals surface area contributed by atoms with E-state index in [-0.39, 0.29) is 18.3 Å². The molecular formula is C16H19BrN4O2. The van der Waals surface area contributed by atoms with Gasteiger partial charge in [0.1, 0.15) is 11.8 Å². The van der Waals surface area contributed by atoms with Gasteiger partial charge in [-0.25, -0.2) is 0 Å². The van der Waals surface area contributed by atoms with Gasteiger partial charge in [-0.2, -0.15) is 5.10 Å². The summed E-state index contributed by atoms with van der Waals surface area (Å²) in [6.45, 7) is 4.35. The second-order valence-corrected chi connectivity index (χ2v) is 6.27. The van der Waals surface area contributed by atoms with Crippen LogP contribution >= 0.6 is 15.9 Å². The molecule has 122 valence electrons. The average Bonchev–Trinajstić information content (AvgIpc) is 2.97. The highest BCUT2D eigenvalue weighted by molar-refractivity contribution is 9.10. The number of aromatic amines is 1. The second kappa shape index (κ2) is 7.33. The number of H-pyrrole nitrogens is 1. The largest absolute Gasteiger partial charge is 0.369 e. The molecule has 1 aliphatic heterocycles. The molecule has 1 aliphatic rings. The van der Waals surface area contributed by atoms with Crippen molar-refractivity contribution in [2.75, 3.05) is 19.7 Å². The molecule has 2 aromatic heterocycles. The minimum atomic E-state index is -0.0297. The van der Waals surface area contributed by atoms with E-state index in [0.717, 1.165) is 40.9 Å². The quantitative estimate of drug-likeness (QED) is 0.779. The Bertz CT molecular complexity index is 678. The fourth-order valence-electron chi connectivity index (χ4n) is 2.54. The summed E-state index contributed by atoms with van der Waals surface area (Å²) in [5, 5.41) is 10.3. The van der Waals surface area contributed by atoms with Crippen LogP contribution in [0.25, 0.3) is 0 Å². The van der Waals surface area contributed by atoms with Crippen LogP contribution < -0.4 is 5.32 Å². The normalized spacial score (nSPS) is 18.1. The lowest BCUT2D eigenvalue weighted by molar-refractivity contribution is 0.0250. The average molecular weight is 379 g/mol. The summed E-state index contributed by atoms with van der Waals surface area (Å²) in [5.41, 5.74) is 3.15. The summed E-state index contributed by atoms with van der Waals surface area (Å²) >= 11 is 3.44. The van der Waals surface area contributed by atoms with E-state index in [1.807, 2.05) is 19.1 Å². The maximum Gasteiger partial charge on any atom is 0.188 e. The molecule has 6 nitrogen and oxygen atoms in total. The number of hydrogen-bond acceptors (Lipinski definition) is 5. The highest BCUT2D eigenvalue weighted by Crippen LogP contribution is 2.22. The summed E-state index contributed by atoms with van der Waals surface area (Å²) in [7, 11) is 0. The van der Waals surface area contributed by atoms with E-state index in [9.17, 15) is 4.79 Å². The number of ether oxygens (including phenoxy) is 1. The summed E-state index contributed by atoms with van der Waals surface area (Å²) in [6.07, 6.45) is 2.81. The van der Waals surface area contributed by atoms with Gasteiger partial charge in [-0.05, 0) is 34.0 Å². The number of ketones is 1. The molecule has 0 aliphatic carbocycles. The number of carbonyl (C=O) groups is 1. The van der Waals surface area contributed by atoms with Gasteiger partial charge in [0, 0.05) is 31.4 Å². The van der Waals surface area contributed by atoms with E-state index < -0.39 is 0 Å². The minimum Gasteiger partial charge on any atom is -0.369 e. The Morgan fingerprint density at radius 1 is 1.48 bits per heavy atom. The Morgan fingerprint density at radius 2 is 2.35 bits per heavy atom. The third-order valence-electron chi connectivity index (χ3n) is 3.86. The van der Waals surface area contributed by atoms with Crippen molar-refractivity contribution in [2.45, 2.75) is 25.9 Å². The number of aromatic nitrogens is 3. The summed E-state index contributed by atoms with van der Waals surface area (Å²) in [4.78, 5) is 16.8. The Morgan fingerprint density at radius 3 is 2.96 bits per heavy atom. The third kappa shape index (κ3) is 3.68. The first-order chi connectivity index (χ1) is 11.2. The Balaban J connectivity index is 1.67. The van der Waals surface area contributed by atoms with E-state index in [2.05, 4.69) is 36.4 Å². The van der Waals surface area contributed by atoms with Crippen LogP contribution in [0.5, 0.6) is 0 Å². The van der Waals surface area contributed by atoms with Crippen LogP contribution in [0, 0.1) is 0 Å². The van der Waals surface area contributed by atoms with Gasteiger partial charge < -0.3 is 10.1 Å². The lowest BCUT2D eigenvalue weighted by Gasteiger charge is -2.23. The van der Waals surface area contributed by atoms with Crippen LogP contribution in [0.4, 0.5) is 0 Å². The summed E-state index contributed by atoms with van der Waals surface area (Å²) < 4.78 is 6.43. The van der Waals surface area contributed by atoms with Gasteiger partial charge in [-0.1, -0.05) is 13.0 Å². The first-order valence-corrected chi connectivity index (χ1v) is 8.51. The summed E-state index contributed by atoms with van der Waals surface area (Å²) in [5.74, 6) is -0.0297. The third-order valence-corrected chi connectivity index (χ3v) is 4.72. The minimum absolute atomic E-state index is 0.0129. The molecule has 0 spiro atoms. The van der Waals surface area contributed by atoms with Crippen LogP contribution in [-0.4, -0.2) is 40.7 Å². The van der Waals surface area contributed by atoms with Gasteiger partial charge in [-0.3, -0.25) is 14.9 Å². The van der Waals surface area contributed by atoms with Crippen molar-refractivity contribution in [3.05, 3.63) is 45.4 Å². The molecule has 7 heteroatoms. The fourth-order valence-corrected chi connectivity index (χ4v) is 3.22. The first kappa shape index (κ1) is 16.3. The molecule has 3 rings (SSSR count). The van der Waals surface area contributed by atoms with Crippen molar-refractivity contribution in [1.29, 1.82) is 0 Å². The smallest absolute Gasteiger partial charge is 0.188 e. The number of halogens is 1. The molecule has 23 heavy (non-hydrogen) atoms. The van der Waals surface area contributed by atoms with Gasteiger partial charge in [0.05, 0.1) is 16.8 Å². The van der Waals surface area contributed by atoms with Crippen molar-refractivity contribution in [3.8, 4) is 0 Å². The van der Waals surface area contributed by atoms with Gasteiger partial charge in [-0.15, -0.1) is 0 Å². The maximum absolute atomic E-state index is 12.4. The molecule has 0 radical (unpaired) electrons. The Labute approximate surface area is 143 Å². The SMILES string of the molecule is CCc1[nH]nc(C(=O)Cc2ccc([C@H]3CNCCO3)nc2)c1Br. The van der Waals surface area contributed by atoms with E-state index in [1.54, 1.807) is 6.20 Å². The monoisotopic (exact) mass is 378 g/mol. The number of pyridine rings is 1. The van der Waals surface area contributed by atoms with E-state index in [1.165, 1.54) is 0 Å². The first-order valence-electron chi connectivity index (χ1n) is 7.72. The fraction of sp³-hybridized carbons (Fsp3) is 0.438. The zero-order chi connectivity index (χ0) is 16.2. The van der Waals surface area contributed by atoms with Crippen LogP contribution in [-0.2, 0) is 17.6 Å². The number of nitrogens with zero attached hydrogens (tertiary/aromatic N) is 2. The molecule has 1 fully saturated rings. The molecule has 1 atom stereocenters. The van der Waals surface area contributed by atoms with Gasteiger partial charge in [0.15, 0.2) is 5.78 Å². The molecule has 0 amide bonds. The predicted molar refractivity (Wildman–Crippen MR) is 89.5 cm³/mol. The lowest BCUT2D eigenvalue weighted by Crippen LogP contribution is -2.33. The second-order valence-electron chi connectivity index (χ2n) is 5.47. The molecule has 0 unspecified atom stereocenters. The number of nitrogens with one attached hydrogen (secondary N) is 2. The van der Waals surface area contributed by atoms with Gasteiger partial charge in [0.2, 0.25) is 0 Å². The van der Waals surface area contributed by atoms with Gasteiger partial charge in [0.25, 0.3) is 0 Å². The van der Waals surface area contributed by atoms with Crippen LogP contribution in [0.1, 0.15) is 40.5 Å². The molecular weight excluding hydrogens is 360 g/mol. The van der Waals surface area contributed by atoms with Gasteiger partial charge >= 0.3 is 0 Å². The zero-order valence-electron chi connectivity index (χ0n) is 12.9. The molecule has 3 heterocycles. The van der Waals surface area contributed by atoms with Crippen molar-refractivity contribution in [2.24, 2.45) is 0 Å². The van der Waals surface area contributed by atoms with Crippen molar-refractivity contribution >= 4 is 21.7 Å². The number of hydrogen-bond donors (Lipinski definition) is 2. The lowest BCUT2D eigenvalue weighted by atomic mass is 10.1. The van der Waals surface area contributed by atoms with E-state index in [0.29, 0.717) is 12.3 Å². The van der Waals surface area contributed by atoms with Crippen molar-refractivity contribution in [3.63, 3.8) is 0 Å². The number of Topliss-reactive ketones (excluding diaryl/α,β-unsaturated/α-hetero) is 1. The summed E-state index contributed by atoms with van der Waals surface area (Å²) in [6, 6.07) is 3.86. The van der Waals surface area contributed by atoms with E-state index in [4.69, 9.17) is 4.74 Å². The highest BCUT2D eigenvalue weighted by atomic mass is 79.9. The number of carbonyl (C=O) groups excluding carboxylic acids is 1. The van der Waals surface area contributed by atoms with Crippen LogP contribution in [0.15, 0.2) is 22.8 Å². The predicted octanol–water partition coefficient (Wildman–Crippen LogP) is 2.22. The Hall–Kier alpha value is -1.57. The number of aryl methyl sites for hydroxylation is 1. The van der Waals surface area contributed by atoms with Crippen molar-refractivity contribution < 1.29 is 9.53 Å². The Kier molecular flexibility index (Phi) is 5.20. The molecule has 1 saturated heterocycles. The molecule has 0 bridgehead atoms. The molecule has 0 aromatic carbocycles. The highest BCUT2D eigenvalue weighted by Gasteiger charge is 2.19. The number of morpholine rings is 1. The molecule has 2 N–H and O–H groups in total. The maximum atomic E-state index is 12.4. The zero-order valence-corrected chi connectivity index (χ0v) is 14.5. The standard InChI is InChI=1S/C16H19BrN4O2/c1-2-11-15(17)16(21-20-11)13(22)7-10-3-4-12(19-8-10)14-9-18-5-6-23-14/h3-4,8,14,18H,2,5-7,9H2,1H3,(H,20,21)/t14-/m1/s1. The molecule has 2 aromatic rings. The van der Waals surface area contributed by atoms with Crippen LogP contribution in [0.2, 0.25) is 0 Å². The van der Waals surface area contributed by atoms with E-state index >= 15 is 0 Å². The van der Waals surface area contributed by atoms with Crippen LogP contribution in [0.3, 0.4) is 0 Å². The topological polar surface area (TPSA) is 79.9 Å². The van der Waals surface area contributed by atoms with Crippen molar-refractivity contribution in [1.82, 2.24) is 20.5 Å². The molecule has 0 saturated carbocycles. The number of rotatable bonds is 5.